The van der Waals surface area contributed by atoms with Crippen LogP contribution in [0.25, 0.3) is 0 Å². The number of carbonyl (C=O) groups excluding carboxylic acids is 1. The second-order valence-corrected chi connectivity index (χ2v) is 6.10. The van der Waals surface area contributed by atoms with Crippen molar-refractivity contribution in [3.05, 3.63) is 17.5 Å². The molecule has 1 amide bonds. The van der Waals surface area contributed by atoms with E-state index in [0.717, 1.165) is 17.1 Å². The van der Waals surface area contributed by atoms with Crippen LogP contribution in [-0.2, 0) is 11.3 Å². The lowest BCUT2D eigenvalue weighted by atomic mass is 10.2. The number of hydrogen-bond acceptors (Lipinski definition) is 5. The smallest absolute Gasteiger partial charge is 0.410 e. The number of amides is 1. The summed E-state index contributed by atoms with van der Waals surface area (Å²) >= 11 is 0. The molecule has 0 aliphatic carbocycles. The van der Waals surface area contributed by atoms with Gasteiger partial charge < -0.3 is 10.1 Å². The molecule has 2 heterocycles. The van der Waals surface area contributed by atoms with Crippen molar-refractivity contribution in [1.82, 2.24) is 20.4 Å². The molecule has 116 valence electrons. The van der Waals surface area contributed by atoms with Crippen molar-refractivity contribution in [2.24, 2.45) is 4.99 Å². The van der Waals surface area contributed by atoms with Gasteiger partial charge in [0, 0.05) is 24.3 Å². The van der Waals surface area contributed by atoms with Gasteiger partial charge in [-0.3, -0.25) is 15.0 Å². The van der Waals surface area contributed by atoms with E-state index >= 15 is 0 Å². The van der Waals surface area contributed by atoms with Crippen LogP contribution in [-0.4, -0.2) is 52.3 Å². The second kappa shape index (κ2) is 6.15. The number of rotatable bonds is 2. The maximum atomic E-state index is 12.1. The van der Waals surface area contributed by atoms with E-state index in [0.29, 0.717) is 26.2 Å². The van der Waals surface area contributed by atoms with E-state index in [1.165, 1.54) is 0 Å². The minimum absolute atomic E-state index is 0.295. The van der Waals surface area contributed by atoms with Gasteiger partial charge in [-0.2, -0.15) is 5.10 Å². The number of amidine groups is 1. The van der Waals surface area contributed by atoms with Gasteiger partial charge in [-0.05, 0) is 27.7 Å². The number of aromatic amines is 1. The summed E-state index contributed by atoms with van der Waals surface area (Å²) in [6, 6.07) is 0. The van der Waals surface area contributed by atoms with E-state index in [9.17, 15) is 4.79 Å². The van der Waals surface area contributed by atoms with Crippen LogP contribution in [0.1, 0.15) is 32.0 Å². The average molecular weight is 293 g/mol. The highest BCUT2D eigenvalue weighted by molar-refractivity contribution is 5.87. The Labute approximate surface area is 124 Å². The number of nitrogens with one attached hydrogen (secondary N) is 2. The normalized spacial score (nSPS) is 15.6. The molecular weight excluding hydrogens is 270 g/mol. The highest BCUT2D eigenvalue weighted by Gasteiger charge is 2.24. The molecule has 0 fully saturated rings. The van der Waals surface area contributed by atoms with Crippen LogP contribution in [0.2, 0.25) is 0 Å². The molecule has 0 spiro atoms. The zero-order valence-corrected chi connectivity index (χ0v) is 13.1. The van der Waals surface area contributed by atoms with Gasteiger partial charge in [-0.15, -0.1) is 0 Å². The Morgan fingerprint density at radius 2 is 2.29 bits per heavy atom. The molecule has 0 unspecified atom stereocenters. The van der Waals surface area contributed by atoms with Gasteiger partial charge in [0.05, 0.1) is 19.3 Å². The zero-order valence-electron chi connectivity index (χ0n) is 13.1. The summed E-state index contributed by atoms with van der Waals surface area (Å²) < 4.78 is 5.38. The lowest BCUT2D eigenvalue weighted by Crippen LogP contribution is -2.47. The van der Waals surface area contributed by atoms with Gasteiger partial charge in [-0.1, -0.05) is 0 Å². The van der Waals surface area contributed by atoms with Gasteiger partial charge >= 0.3 is 6.09 Å². The lowest BCUT2D eigenvalue weighted by Gasteiger charge is -2.29. The van der Waals surface area contributed by atoms with E-state index in [2.05, 4.69) is 20.5 Å². The molecule has 1 aromatic rings. The summed E-state index contributed by atoms with van der Waals surface area (Å²) in [6.07, 6.45) is 1.49. The number of aryl methyl sites for hydroxylation is 1. The fourth-order valence-corrected chi connectivity index (χ4v) is 1.96. The van der Waals surface area contributed by atoms with Crippen molar-refractivity contribution >= 4 is 11.9 Å². The highest BCUT2D eigenvalue weighted by Crippen LogP contribution is 2.11. The molecule has 1 aliphatic rings. The lowest BCUT2D eigenvalue weighted by molar-refractivity contribution is 0.0276. The molecule has 2 rings (SSSR count). The van der Waals surface area contributed by atoms with Gasteiger partial charge in [0.25, 0.3) is 0 Å². The van der Waals surface area contributed by atoms with E-state index in [4.69, 9.17) is 4.74 Å². The largest absolute Gasteiger partial charge is 0.444 e. The molecule has 0 bridgehead atoms. The molecule has 2 N–H and O–H groups in total. The van der Waals surface area contributed by atoms with Crippen molar-refractivity contribution in [2.75, 3.05) is 19.6 Å². The molecule has 0 atom stereocenters. The Morgan fingerprint density at radius 1 is 1.52 bits per heavy atom. The zero-order chi connectivity index (χ0) is 15.5. The van der Waals surface area contributed by atoms with Crippen LogP contribution in [0.5, 0.6) is 0 Å². The van der Waals surface area contributed by atoms with E-state index in [1.54, 1.807) is 11.1 Å². The van der Waals surface area contributed by atoms with Crippen molar-refractivity contribution in [1.29, 1.82) is 0 Å². The molecule has 7 heteroatoms. The first kappa shape index (κ1) is 15.3. The van der Waals surface area contributed by atoms with Gasteiger partial charge in [0.15, 0.2) is 0 Å². The molecule has 1 aromatic heterocycles. The minimum atomic E-state index is -0.479. The maximum Gasteiger partial charge on any atom is 0.410 e. The third-order valence-electron chi connectivity index (χ3n) is 3.08. The first-order chi connectivity index (χ1) is 9.85. The fourth-order valence-electron chi connectivity index (χ4n) is 1.96. The van der Waals surface area contributed by atoms with Crippen molar-refractivity contribution in [2.45, 2.75) is 39.8 Å². The van der Waals surface area contributed by atoms with Crippen molar-refractivity contribution in [3.63, 3.8) is 0 Å². The predicted molar refractivity (Wildman–Crippen MR) is 80.3 cm³/mol. The SMILES string of the molecule is Cc1[nH]ncc1CNC1=NCCN(C(=O)OC(C)(C)C)C1. The Bertz CT molecular complexity index is 530. The van der Waals surface area contributed by atoms with Crippen LogP contribution >= 0.6 is 0 Å². The third-order valence-corrected chi connectivity index (χ3v) is 3.08. The van der Waals surface area contributed by atoms with Gasteiger partial charge in [-0.25, -0.2) is 4.79 Å². The molecule has 0 aromatic carbocycles. The van der Waals surface area contributed by atoms with Crippen molar-refractivity contribution < 1.29 is 9.53 Å². The second-order valence-electron chi connectivity index (χ2n) is 6.10. The van der Waals surface area contributed by atoms with Gasteiger partial charge in [0.1, 0.15) is 11.4 Å². The number of ether oxygens (including phenoxy) is 1. The molecule has 0 saturated carbocycles. The molecule has 0 radical (unpaired) electrons. The van der Waals surface area contributed by atoms with Crippen LogP contribution < -0.4 is 5.32 Å². The van der Waals surface area contributed by atoms with E-state index < -0.39 is 5.60 Å². The summed E-state index contributed by atoms with van der Waals surface area (Å²) in [5.74, 6) is 0.799. The van der Waals surface area contributed by atoms with Crippen LogP contribution in [0, 0.1) is 6.92 Å². The Hall–Kier alpha value is -2.05. The highest BCUT2D eigenvalue weighted by atomic mass is 16.6. The van der Waals surface area contributed by atoms with Crippen LogP contribution in [0.15, 0.2) is 11.2 Å². The Kier molecular flexibility index (Phi) is 4.50. The van der Waals surface area contributed by atoms with Gasteiger partial charge in [0.2, 0.25) is 0 Å². The first-order valence-corrected chi connectivity index (χ1v) is 7.09. The summed E-state index contributed by atoms with van der Waals surface area (Å²) in [7, 11) is 0. The molecule has 1 aliphatic heterocycles. The topological polar surface area (TPSA) is 82.6 Å². The monoisotopic (exact) mass is 293 g/mol. The number of hydrogen-bond donors (Lipinski definition) is 2. The number of aliphatic imine (C=N–C) groups is 1. The molecule has 7 nitrogen and oxygen atoms in total. The average Bonchev–Trinajstić information content (AvgIpc) is 2.80. The number of nitrogens with zero attached hydrogens (tertiary/aromatic N) is 3. The van der Waals surface area contributed by atoms with Crippen LogP contribution in [0.3, 0.4) is 0 Å². The third kappa shape index (κ3) is 4.47. The summed E-state index contributed by atoms with van der Waals surface area (Å²) in [4.78, 5) is 18.1. The molecule has 0 saturated heterocycles. The molecule has 21 heavy (non-hydrogen) atoms. The number of aromatic nitrogens is 2. The Morgan fingerprint density at radius 3 is 2.90 bits per heavy atom. The minimum Gasteiger partial charge on any atom is -0.444 e. The maximum absolute atomic E-state index is 12.1. The first-order valence-electron chi connectivity index (χ1n) is 7.09. The van der Waals surface area contributed by atoms with E-state index in [1.807, 2.05) is 27.7 Å². The predicted octanol–water partition coefficient (Wildman–Crippen LogP) is 1.46. The summed E-state index contributed by atoms with van der Waals surface area (Å²) in [5.41, 5.74) is 1.64. The summed E-state index contributed by atoms with van der Waals surface area (Å²) in [5, 5.41) is 10.1. The molecular formula is C14H23N5O2. The Balaban J connectivity index is 1.87. The standard InChI is InChI=1S/C14H23N5O2/c1-10-11(8-17-18-10)7-16-12-9-19(6-5-15-12)13(20)21-14(2,3)4/h8H,5-7,9H2,1-4H3,(H,15,16)(H,17,18). The number of carbonyl (C=O) groups is 1. The number of H-pyrrole nitrogens is 1. The quantitative estimate of drug-likeness (QED) is 0.864. The van der Waals surface area contributed by atoms with Crippen LogP contribution in [0.4, 0.5) is 4.79 Å². The fraction of sp³-hybridized carbons (Fsp3) is 0.643. The van der Waals surface area contributed by atoms with E-state index in [-0.39, 0.29) is 6.09 Å². The van der Waals surface area contributed by atoms with Crippen molar-refractivity contribution in [3.8, 4) is 0 Å². The summed E-state index contributed by atoms with van der Waals surface area (Å²) in [6.45, 7) is 9.84.